The zero-order chi connectivity index (χ0) is 22.2. The van der Waals surface area contributed by atoms with Gasteiger partial charge in [0.1, 0.15) is 18.3 Å². The third-order valence-electron chi connectivity index (χ3n) is 5.38. The number of hydrogen-bond acceptors (Lipinski definition) is 6. The fourth-order valence-electron chi connectivity index (χ4n) is 3.85. The van der Waals surface area contributed by atoms with E-state index >= 15 is 0 Å². The van der Waals surface area contributed by atoms with E-state index in [1.165, 1.54) is 20.9 Å². The first-order valence-corrected chi connectivity index (χ1v) is 12.5. The van der Waals surface area contributed by atoms with E-state index in [1.54, 1.807) is 0 Å². The van der Waals surface area contributed by atoms with Crippen LogP contribution in [0.3, 0.4) is 0 Å². The molecule has 0 aromatic heterocycles. The van der Waals surface area contributed by atoms with Gasteiger partial charge in [-0.1, -0.05) is 35.4 Å². The van der Waals surface area contributed by atoms with Crippen LogP contribution in [0.5, 0.6) is 0 Å². The Morgan fingerprint density at radius 1 is 0.742 bits per heavy atom. The molecule has 2 aliphatic heterocycles. The molecule has 3 atom stereocenters. The Morgan fingerprint density at radius 3 is 1.71 bits per heavy atom. The summed E-state index contributed by atoms with van der Waals surface area (Å²) in [7, 11) is 0. The lowest BCUT2D eigenvalue weighted by molar-refractivity contribution is -0.174. The average molecular weight is 461 g/mol. The number of aryl methyl sites for hydroxylation is 2. The minimum atomic E-state index is -0.675. The van der Waals surface area contributed by atoms with Crippen LogP contribution in [0.4, 0.5) is 0 Å². The molecule has 0 spiro atoms. The molecule has 2 saturated heterocycles. The summed E-state index contributed by atoms with van der Waals surface area (Å²) in [6.45, 7) is 12.6. The minimum Gasteiger partial charge on any atom is -0.348 e. The lowest BCUT2D eigenvalue weighted by atomic mass is 10.1. The molecule has 6 heteroatoms. The number of thioether (sulfide) groups is 2. The Labute approximate surface area is 194 Å². The maximum atomic E-state index is 6.50. The van der Waals surface area contributed by atoms with E-state index in [-0.39, 0.29) is 22.9 Å². The van der Waals surface area contributed by atoms with Crippen molar-refractivity contribution in [1.29, 1.82) is 0 Å². The standard InChI is InChI=1S/C25H32O4S2/c1-16-7-11-18(12-8-16)30-23(31-19-13-9-17(2)10-14-19)22-21(28-25(5,6)29-22)20-15-26-24(3,4)27-20/h7-14,20-23H,15H2,1-6H3/t20-,21-,22+/m0/s1. The van der Waals surface area contributed by atoms with Crippen LogP contribution in [-0.2, 0) is 18.9 Å². The van der Waals surface area contributed by atoms with Crippen molar-refractivity contribution in [1.82, 2.24) is 0 Å². The predicted molar refractivity (Wildman–Crippen MR) is 127 cm³/mol. The zero-order valence-electron chi connectivity index (χ0n) is 19.1. The Balaban J connectivity index is 1.62. The monoisotopic (exact) mass is 460 g/mol. The predicted octanol–water partition coefficient (Wildman–Crippen LogP) is 6.19. The Morgan fingerprint density at radius 2 is 1.26 bits per heavy atom. The summed E-state index contributed by atoms with van der Waals surface area (Å²) in [5.41, 5.74) is 2.51. The molecule has 0 N–H and O–H groups in total. The molecule has 0 bridgehead atoms. The van der Waals surface area contributed by atoms with Gasteiger partial charge in [0, 0.05) is 9.79 Å². The summed E-state index contributed by atoms with van der Waals surface area (Å²) in [6.07, 6.45) is -0.533. The summed E-state index contributed by atoms with van der Waals surface area (Å²) in [5.74, 6) is -1.28. The fraction of sp³-hybridized carbons (Fsp3) is 0.520. The highest BCUT2D eigenvalue weighted by Crippen LogP contribution is 2.46. The molecule has 0 unspecified atom stereocenters. The van der Waals surface area contributed by atoms with Gasteiger partial charge in [-0.3, -0.25) is 0 Å². The lowest BCUT2D eigenvalue weighted by Gasteiger charge is -2.28. The second kappa shape index (κ2) is 9.08. The fourth-order valence-corrected chi connectivity index (χ4v) is 6.52. The highest BCUT2D eigenvalue weighted by atomic mass is 32.2. The smallest absolute Gasteiger partial charge is 0.163 e. The van der Waals surface area contributed by atoms with Gasteiger partial charge in [-0.25, -0.2) is 0 Å². The largest absolute Gasteiger partial charge is 0.348 e. The van der Waals surface area contributed by atoms with E-state index in [1.807, 2.05) is 51.2 Å². The maximum Gasteiger partial charge on any atom is 0.163 e. The normalized spacial score (nSPS) is 27.1. The SMILES string of the molecule is Cc1ccc(SC(Sc2ccc(C)cc2)[C@@H]2OC(C)(C)O[C@H]2[C@@H]2COC(C)(C)O2)cc1. The van der Waals surface area contributed by atoms with Crippen LogP contribution in [0.15, 0.2) is 58.3 Å². The second-order valence-electron chi connectivity index (χ2n) is 9.16. The van der Waals surface area contributed by atoms with Gasteiger partial charge >= 0.3 is 0 Å². The number of benzene rings is 2. The zero-order valence-corrected chi connectivity index (χ0v) is 20.7. The molecule has 0 aliphatic carbocycles. The van der Waals surface area contributed by atoms with Crippen molar-refractivity contribution in [2.24, 2.45) is 0 Å². The highest BCUT2D eigenvalue weighted by Gasteiger charge is 2.52. The van der Waals surface area contributed by atoms with Gasteiger partial charge in [0.05, 0.1) is 11.2 Å². The van der Waals surface area contributed by atoms with Crippen LogP contribution < -0.4 is 0 Å². The molecule has 2 aromatic carbocycles. The van der Waals surface area contributed by atoms with Crippen LogP contribution in [0.1, 0.15) is 38.8 Å². The molecule has 4 nitrogen and oxygen atoms in total. The summed E-state index contributed by atoms with van der Waals surface area (Å²) in [6, 6.07) is 17.3. The molecule has 2 heterocycles. The molecule has 4 rings (SSSR count). The van der Waals surface area contributed by atoms with E-state index in [2.05, 4.69) is 62.4 Å². The third-order valence-corrected chi connectivity index (χ3v) is 8.04. The molecule has 0 saturated carbocycles. The van der Waals surface area contributed by atoms with Gasteiger partial charge in [-0.2, -0.15) is 0 Å². The first-order valence-electron chi connectivity index (χ1n) is 10.7. The van der Waals surface area contributed by atoms with Crippen molar-refractivity contribution in [3.05, 3.63) is 59.7 Å². The van der Waals surface area contributed by atoms with Gasteiger partial charge < -0.3 is 18.9 Å². The quantitative estimate of drug-likeness (QED) is 0.378. The Kier molecular flexibility index (Phi) is 6.78. The lowest BCUT2D eigenvalue weighted by Crippen LogP contribution is -2.42. The van der Waals surface area contributed by atoms with Crippen molar-refractivity contribution < 1.29 is 18.9 Å². The topological polar surface area (TPSA) is 36.9 Å². The highest BCUT2D eigenvalue weighted by molar-refractivity contribution is 8.17. The van der Waals surface area contributed by atoms with Crippen LogP contribution in [0, 0.1) is 13.8 Å². The molecular weight excluding hydrogens is 428 g/mol. The maximum absolute atomic E-state index is 6.50. The minimum absolute atomic E-state index is 0.0875. The van der Waals surface area contributed by atoms with E-state index < -0.39 is 11.6 Å². The van der Waals surface area contributed by atoms with Crippen molar-refractivity contribution in [3.63, 3.8) is 0 Å². The summed E-state index contributed by atoms with van der Waals surface area (Å²) in [4.78, 5) is 2.43. The Hall–Kier alpha value is -1.02. The number of rotatable bonds is 6. The molecule has 0 amide bonds. The van der Waals surface area contributed by atoms with Gasteiger partial charge in [0.25, 0.3) is 0 Å². The van der Waals surface area contributed by atoms with Crippen molar-refractivity contribution in [2.45, 2.75) is 85.8 Å². The first-order chi connectivity index (χ1) is 14.6. The molecule has 2 aliphatic rings. The number of hydrogen-bond donors (Lipinski definition) is 0. The molecule has 0 radical (unpaired) electrons. The molecule has 2 aromatic rings. The first kappa shape index (κ1) is 23.1. The Bertz CT molecular complexity index is 832. The molecule has 168 valence electrons. The van der Waals surface area contributed by atoms with E-state index in [0.717, 1.165) is 0 Å². The van der Waals surface area contributed by atoms with Crippen LogP contribution in [-0.4, -0.2) is 41.1 Å². The summed E-state index contributed by atoms with van der Waals surface area (Å²) in [5, 5.41) is 0. The van der Waals surface area contributed by atoms with Crippen molar-refractivity contribution >= 4 is 23.5 Å². The average Bonchev–Trinajstić information content (AvgIpc) is 3.23. The van der Waals surface area contributed by atoms with Gasteiger partial charge in [0.2, 0.25) is 0 Å². The molecule has 2 fully saturated rings. The van der Waals surface area contributed by atoms with Gasteiger partial charge in [-0.15, -0.1) is 23.5 Å². The molecular formula is C25H32O4S2. The van der Waals surface area contributed by atoms with Crippen LogP contribution in [0.2, 0.25) is 0 Å². The van der Waals surface area contributed by atoms with Crippen LogP contribution in [0.25, 0.3) is 0 Å². The van der Waals surface area contributed by atoms with E-state index in [4.69, 9.17) is 18.9 Å². The van der Waals surface area contributed by atoms with Gasteiger partial charge in [-0.05, 0) is 65.8 Å². The van der Waals surface area contributed by atoms with Gasteiger partial charge in [0.15, 0.2) is 11.6 Å². The van der Waals surface area contributed by atoms with Crippen LogP contribution >= 0.6 is 23.5 Å². The van der Waals surface area contributed by atoms with E-state index in [9.17, 15) is 0 Å². The van der Waals surface area contributed by atoms with E-state index in [0.29, 0.717) is 6.61 Å². The summed E-state index contributed by atoms with van der Waals surface area (Å²) >= 11 is 3.64. The second-order valence-corrected chi connectivity index (χ2v) is 11.9. The summed E-state index contributed by atoms with van der Waals surface area (Å²) < 4.78 is 25.0. The van der Waals surface area contributed by atoms with Crippen molar-refractivity contribution in [3.8, 4) is 0 Å². The molecule has 31 heavy (non-hydrogen) atoms. The third kappa shape index (κ3) is 5.86. The number of ether oxygens (including phenoxy) is 4. The van der Waals surface area contributed by atoms with Crippen molar-refractivity contribution in [2.75, 3.05) is 6.61 Å².